The Bertz CT molecular complexity index is 485. The summed E-state index contributed by atoms with van der Waals surface area (Å²) < 4.78 is 5.29. The maximum Gasteiger partial charge on any atom is 0.105 e. The summed E-state index contributed by atoms with van der Waals surface area (Å²) in [5.74, 6) is 6.40. The van der Waals surface area contributed by atoms with Gasteiger partial charge in [-0.1, -0.05) is 17.7 Å². The van der Waals surface area contributed by atoms with Crippen molar-refractivity contribution in [3.8, 4) is 0 Å². The molecule has 0 fully saturated rings. The number of nitrogens with two attached hydrogens (primary N) is 2. The average molecular weight is 252 g/mol. The third-order valence-corrected chi connectivity index (χ3v) is 2.85. The SMILES string of the molecule is NNC(Cc1ccco1)c1ccc(Cl)cc1N. The molecule has 0 saturated carbocycles. The molecule has 4 nitrogen and oxygen atoms in total. The number of furan rings is 1. The molecule has 2 aromatic rings. The van der Waals surface area contributed by atoms with Crippen molar-refractivity contribution in [3.05, 3.63) is 52.9 Å². The second-order valence-corrected chi connectivity index (χ2v) is 4.21. The van der Waals surface area contributed by atoms with Crippen molar-refractivity contribution in [1.82, 2.24) is 5.43 Å². The van der Waals surface area contributed by atoms with Gasteiger partial charge < -0.3 is 10.2 Å². The van der Waals surface area contributed by atoms with E-state index in [2.05, 4.69) is 5.43 Å². The van der Waals surface area contributed by atoms with Crippen LogP contribution in [0.1, 0.15) is 17.4 Å². The zero-order valence-electron chi connectivity index (χ0n) is 9.19. The lowest BCUT2D eigenvalue weighted by Crippen LogP contribution is -2.30. The smallest absolute Gasteiger partial charge is 0.105 e. The molecular formula is C12H14ClN3O. The van der Waals surface area contributed by atoms with Crippen molar-refractivity contribution in [2.45, 2.75) is 12.5 Å². The Morgan fingerprint density at radius 3 is 2.76 bits per heavy atom. The highest BCUT2D eigenvalue weighted by atomic mass is 35.5. The van der Waals surface area contributed by atoms with Crippen molar-refractivity contribution < 1.29 is 4.42 Å². The second kappa shape index (κ2) is 5.23. The number of nitrogens with one attached hydrogen (secondary N) is 1. The van der Waals surface area contributed by atoms with E-state index in [1.165, 1.54) is 0 Å². The maximum atomic E-state index is 5.92. The van der Waals surface area contributed by atoms with Gasteiger partial charge in [-0.05, 0) is 29.8 Å². The van der Waals surface area contributed by atoms with Crippen molar-refractivity contribution in [2.75, 3.05) is 5.73 Å². The zero-order chi connectivity index (χ0) is 12.3. The molecule has 0 aliphatic carbocycles. The summed E-state index contributed by atoms with van der Waals surface area (Å²) in [6, 6.07) is 9.01. The lowest BCUT2D eigenvalue weighted by atomic mass is 10.0. The van der Waals surface area contributed by atoms with Gasteiger partial charge in [0, 0.05) is 17.1 Å². The van der Waals surface area contributed by atoms with Gasteiger partial charge in [0.1, 0.15) is 5.76 Å². The first-order valence-corrected chi connectivity index (χ1v) is 5.62. The monoisotopic (exact) mass is 251 g/mol. The van der Waals surface area contributed by atoms with Gasteiger partial charge in [-0.3, -0.25) is 11.3 Å². The highest BCUT2D eigenvalue weighted by Gasteiger charge is 2.15. The molecule has 0 saturated heterocycles. The number of rotatable bonds is 4. The summed E-state index contributed by atoms with van der Waals surface area (Å²) in [6.45, 7) is 0. The van der Waals surface area contributed by atoms with Crippen LogP contribution in [0.4, 0.5) is 5.69 Å². The summed E-state index contributed by atoms with van der Waals surface area (Å²) in [6.07, 6.45) is 2.27. The van der Waals surface area contributed by atoms with Crippen LogP contribution in [0.5, 0.6) is 0 Å². The van der Waals surface area contributed by atoms with E-state index in [9.17, 15) is 0 Å². The maximum absolute atomic E-state index is 5.92. The topological polar surface area (TPSA) is 77.2 Å². The molecule has 0 spiro atoms. The summed E-state index contributed by atoms with van der Waals surface area (Å²) >= 11 is 5.86. The number of hydrogen-bond acceptors (Lipinski definition) is 4. The van der Waals surface area contributed by atoms with Crippen molar-refractivity contribution >= 4 is 17.3 Å². The van der Waals surface area contributed by atoms with Gasteiger partial charge in [-0.25, -0.2) is 0 Å². The van der Waals surface area contributed by atoms with E-state index < -0.39 is 0 Å². The Kier molecular flexibility index (Phi) is 3.68. The van der Waals surface area contributed by atoms with Gasteiger partial charge in [0.05, 0.1) is 12.3 Å². The molecule has 0 aliphatic heterocycles. The van der Waals surface area contributed by atoms with Crippen LogP contribution in [0.15, 0.2) is 41.0 Å². The van der Waals surface area contributed by atoms with Gasteiger partial charge >= 0.3 is 0 Å². The number of nitrogen functional groups attached to an aromatic ring is 1. The van der Waals surface area contributed by atoms with Gasteiger partial charge in [-0.2, -0.15) is 0 Å². The average Bonchev–Trinajstić information content (AvgIpc) is 2.79. The number of hydrazine groups is 1. The fourth-order valence-corrected chi connectivity index (χ4v) is 1.93. The first-order chi connectivity index (χ1) is 8.20. The highest BCUT2D eigenvalue weighted by molar-refractivity contribution is 6.30. The molecule has 0 radical (unpaired) electrons. The van der Waals surface area contributed by atoms with E-state index >= 15 is 0 Å². The number of halogens is 1. The summed E-state index contributed by atoms with van der Waals surface area (Å²) in [4.78, 5) is 0. The first-order valence-electron chi connectivity index (χ1n) is 5.24. The molecule has 5 heteroatoms. The van der Waals surface area contributed by atoms with E-state index in [0.29, 0.717) is 17.1 Å². The molecule has 0 amide bonds. The van der Waals surface area contributed by atoms with E-state index in [4.69, 9.17) is 27.6 Å². The van der Waals surface area contributed by atoms with Crippen LogP contribution in [0.3, 0.4) is 0 Å². The number of benzene rings is 1. The highest BCUT2D eigenvalue weighted by Crippen LogP contribution is 2.26. The molecule has 1 heterocycles. The molecule has 2 rings (SSSR count). The van der Waals surface area contributed by atoms with E-state index in [1.807, 2.05) is 18.2 Å². The Labute approximate surface area is 105 Å². The van der Waals surface area contributed by atoms with Gasteiger partial charge in [0.25, 0.3) is 0 Å². The van der Waals surface area contributed by atoms with E-state index in [1.54, 1.807) is 18.4 Å². The van der Waals surface area contributed by atoms with Crippen LogP contribution < -0.4 is 17.0 Å². The van der Waals surface area contributed by atoms with Crippen molar-refractivity contribution in [3.63, 3.8) is 0 Å². The second-order valence-electron chi connectivity index (χ2n) is 3.78. The number of hydrogen-bond donors (Lipinski definition) is 3. The Balaban J connectivity index is 2.23. The third kappa shape index (κ3) is 2.79. The van der Waals surface area contributed by atoms with E-state index in [0.717, 1.165) is 11.3 Å². The van der Waals surface area contributed by atoms with Gasteiger partial charge in [0.15, 0.2) is 0 Å². The standard InChI is InChI=1S/C12H14ClN3O/c13-8-3-4-10(11(14)6-8)12(16-15)7-9-2-1-5-17-9/h1-6,12,16H,7,14-15H2. The molecule has 1 unspecified atom stereocenters. The minimum Gasteiger partial charge on any atom is -0.469 e. The molecule has 0 aliphatic rings. The van der Waals surface area contributed by atoms with Gasteiger partial charge in [-0.15, -0.1) is 0 Å². The Morgan fingerprint density at radius 1 is 1.35 bits per heavy atom. The van der Waals surface area contributed by atoms with Crippen molar-refractivity contribution in [2.24, 2.45) is 5.84 Å². The summed E-state index contributed by atoms with van der Waals surface area (Å²) in [7, 11) is 0. The minimum absolute atomic E-state index is 0.0987. The predicted molar refractivity (Wildman–Crippen MR) is 68.3 cm³/mol. The molecule has 1 aromatic carbocycles. The first kappa shape index (κ1) is 12.0. The summed E-state index contributed by atoms with van der Waals surface area (Å²) in [5, 5.41) is 0.611. The molecule has 1 atom stereocenters. The fourth-order valence-electron chi connectivity index (χ4n) is 1.75. The quantitative estimate of drug-likeness (QED) is 0.443. The van der Waals surface area contributed by atoms with E-state index in [-0.39, 0.29) is 6.04 Å². The zero-order valence-corrected chi connectivity index (χ0v) is 9.95. The molecule has 1 aromatic heterocycles. The Hall–Kier alpha value is -1.49. The van der Waals surface area contributed by atoms with Crippen LogP contribution in [-0.2, 0) is 6.42 Å². The van der Waals surface area contributed by atoms with Crippen LogP contribution in [0, 0.1) is 0 Å². The van der Waals surface area contributed by atoms with Crippen molar-refractivity contribution in [1.29, 1.82) is 0 Å². The van der Waals surface area contributed by atoms with Gasteiger partial charge in [0.2, 0.25) is 0 Å². The lowest BCUT2D eigenvalue weighted by molar-refractivity contribution is 0.455. The predicted octanol–water partition coefficient (Wildman–Crippen LogP) is 2.26. The molecule has 5 N–H and O–H groups in total. The Morgan fingerprint density at radius 2 is 2.18 bits per heavy atom. The normalized spacial score (nSPS) is 12.6. The van der Waals surface area contributed by atoms with Crippen LogP contribution >= 0.6 is 11.6 Å². The summed E-state index contributed by atoms with van der Waals surface area (Å²) in [5.41, 5.74) is 10.2. The molecular weight excluding hydrogens is 238 g/mol. The third-order valence-electron chi connectivity index (χ3n) is 2.61. The van der Waals surface area contributed by atoms with Crippen LogP contribution in [-0.4, -0.2) is 0 Å². The number of anilines is 1. The lowest BCUT2D eigenvalue weighted by Gasteiger charge is -2.17. The largest absolute Gasteiger partial charge is 0.469 e. The molecule has 90 valence electrons. The minimum atomic E-state index is -0.0987. The molecule has 17 heavy (non-hydrogen) atoms. The van der Waals surface area contributed by atoms with Crippen LogP contribution in [0.2, 0.25) is 5.02 Å². The molecule has 0 bridgehead atoms. The van der Waals surface area contributed by atoms with Crippen LogP contribution in [0.25, 0.3) is 0 Å². The fraction of sp³-hybridized carbons (Fsp3) is 0.167.